The van der Waals surface area contributed by atoms with Crippen LogP contribution in [0.3, 0.4) is 0 Å². The zero-order valence-electron chi connectivity index (χ0n) is 34.0. The molecule has 312 valence electrons. The summed E-state index contributed by atoms with van der Waals surface area (Å²) < 4.78 is 28.8. The summed E-state index contributed by atoms with van der Waals surface area (Å²) >= 11 is 0. The second kappa shape index (κ2) is 19.3. The molecule has 9 atom stereocenters. The Kier molecular flexibility index (Phi) is 14.2. The van der Waals surface area contributed by atoms with Gasteiger partial charge in [0, 0.05) is 38.4 Å². The molecular weight excluding hydrogens is 743 g/mol. The van der Waals surface area contributed by atoms with Crippen molar-refractivity contribution in [3.63, 3.8) is 0 Å². The van der Waals surface area contributed by atoms with E-state index in [4.69, 9.17) is 23.7 Å². The smallest absolute Gasteiger partial charge is 0.407 e. The molecule has 1 spiro atoms. The first-order valence-corrected chi connectivity index (χ1v) is 20.3. The lowest BCUT2D eigenvalue weighted by atomic mass is 9.87. The number of hydrogen-bond acceptors (Lipinski definition) is 10. The monoisotopic (exact) mass is 799 g/mol. The fraction of sp³-hybridized carbons (Fsp3) is 0.511. The van der Waals surface area contributed by atoms with E-state index in [0.717, 1.165) is 34.2 Å². The predicted molar refractivity (Wildman–Crippen MR) is 217 cm³/mol. The Morgan fingerprint density at radius 3 is 2.31 bits per heavy atom. The lowest BCUT2D eigenvalue weighted by Gasteiger charge is -2.39. The van der Waals surface area contributed by atoms with E-state index in [1.165, 1.54) is 13.0 Å². The molecule has 4 N–H and O–H groups in total. The van der Waals surface area contributed by atoms with Crippen molar-refractivity contribution in [3.05, 3.63) is 95.6 Å². The summed E-state index contributed by atoms with van der Waals surface area (Å²) in [4.78, 5) is 49.0. The van der Waals surface area contributed by atoms with Gasteiger partial charge in [0.1, 0.15) is 30.5 Å². The van der Waals surface area contributed by atoms with Gasteiger partial charge in [-0.05, 0) is 67.9 Å². The minimum atomic E-state index is -0.869. The number of nitrogens with one attached hydrogen (secondary N) is 3. The number of hydrogen-bond donors (Lipinski definition) is 4. The van der Waals surface area contributed by atoms with Gasteiger partial charge in [0.2, 0.25) is 11.8 Å². The second-order valence-electron chi connectivity index (χ2n) is 16.0. The van der Waals surface area contributed by atoms with Crippen LogP contribution in [0.2, 0.25) is 0 Å². The highest BCUT2D eigenvalue weighted by atomic mass is 16.6. The van der Waals surface area contributed by atoms with Gasteiger partial charge >= 0.3 is 12.1 Å². The number of aliphatic hydroxyl groups is 1. The molecule has 0 bridgehead atoms. The van der Waals surface area contributed by atoms with Crippen molar-refractivity contribution >= 4 is 23.9 Å². The van der Waals surface area contributed by atoms with E-state index in [1.807, 2.05) is 50.3 Å². The van der Waals surface area contributed by atoms with Crippen molar-refractivity contribution in [1.29, 1.82) is 0 Å². The number of esters is 1. The van der Waals surface area contributed by atoms with E-state index < -0.39 is 42.1 Å². The number of carbonyl (C=O) groups is 4. The molecule has 3 heterocycles. The summed E-state index contributed by atoms with van der Waals surface area (Å²) in [6.45, 7) is 10.1. The standard InChI is InChI=1S/C45H57N3O10/c1-27(14-17-39-28(2)22-38(30(4)57-39)48-41(50)19-16-29(3)56-31(5)49)15-18-40-43(52)45(26-55-45)24-32(58-40)23-42(51)46-20-21-47-44(53)54-25-37-35-12-8-6-10-33(35)34-11-7-9-13-36(34)37/h6-16,18-19,28-30,32,37-40,43,52H,17,20-26H2,1-5H3,(H,46,51)(H,47,53)(H,48,50)/b18-15+,19-16-,27-14+/t28-,29-,30+,32+,38+,39-,40+,43+,45+/m0/s1. The van der Waals surface area contributed by atoms with Gasteiger partial charge in [0.15, 0.2) is 0 Å². The Morgan fingerprint density at radius 1 is 0.966 bits per heavy atom. The van der Waals surface area contributed by atoms with Gasteiger partial charge in [-0.15, -0.1) is 0 Å². The van der Waals surface area contributed by atoms with Gasteiger partial charge < -0.3 is 44.7 Å². The van der Waals surface area contributed by atoms with E-state index in [-0.39, 0.29) is 68.0 Å². The number of benzene rings is 2. The van der Waals surface area contributed by atoms with Crippen LogP contribution in [0.1, 0.15) is 77.3 Å². The molecular formula is C45H57N3O10. The second-order valence-corrected chi connectivity index (χ2v) is 16.0. The largest absolute Gasteiger partial charge is 0.459 e. The van der Waals surface area contributed by atoms with Crippen LogP contribution in [0, 0.1) is 5.92 Å². The van der Waals surface area contributed by atoms with Crippen molar-refractivity contribution in [3.8, 4) is 11.1 Å². The van der Waals surface area contributed by atoms with Crippen LogP contribution in [0.15, 0.2) is 84.5 Å². The van der Waals surface area contributed by atoms with E-state index in [9.17, 15) is 24.3 Å². The quantitative estimate of drug-likeness (QED) is 0.0630. The first kappa shape index (κ1) is 42.8. The highest BCUT2D eigenvalue weighted by molar-refractivity contribution is 5.88. The first-order chi connectivity index (χ1) is 27.8. The zero-order chi connectivity index (χ0) is 41.4. The summed E-state index contributed by atoms with van der Waals surface area (Å²) in [5.74, 6) is -0.749. The van der Waals surface area contributed by atoms with Gasteiger partial charge in [0.05, 0.1) is 37.4 Å². The Hall–Kier alpha value is -4.82. The summed E-state index contributed by atoms with van der Waals surface area (Å²) in [5.41, 5.74) is 4.83. The number of rotatable bonds is 15. The van der Waals surface area contributed by atoms with E-state index in [0.29, 0.717) is 19.4 Å². The van der Waals surface area contributed by atoms with Gasteiger partial charge in [-0.25, -0.2) is 4.79 Å². The first-order valence-electron chi connectivity index (χ1n) is 20.3. The summed E-state index contributed by atoms with van der Waals surface area (Å²) in [6.07, 6.45) is 7.39. The van der Waals surface area contributed by atoms with Crippen molar-refractivity contribution in [2.24, 2.45) is 5.92 Å². The predicted octanol–water partition coefficient (Wildman–Crippen LogP) is 5.02. The Balaban J connectivity index is 0.906. The lowest BCUT2D eigenvalue weighted by Crippen LogP contribution is -2.51. The average molecular weight is 800 g/mol. The SMILES string of the molecule is CC(=O)O[C@@H](C)/C=C\C(=O)N[C@@H]1C[C@H](C)[C@H](C/C=C(C)/C=C/[C@H]2O[C@H](CC(=O)NCCNC(=O)OCC3c4ccccc4-c4ccccc43)C[C@@]3(CO3)[C@@H]2O)O[C@@H]1C. The molecule has 3 amide bonds. The number of alkyl carbamates (subject to hydrolysis) is 1. The van der Waals surface area contributed by atoms with Crippen LogP contribution in [-0.2, 0) is 38.1 Å². The van der Waals surface area contributed by atoms with E-state index >= 15 is 0 Å². The molecule has 3 saturated heterocycles. The fourth-order valence-electron chi connectivity index (χ4n) is 8.18. The fourth-order valence-corrected chi connectivity index (χ4v) is 8.18. The average Bonchev–Trinajstić information content (AvgIpc) is 3.89. The maximum Gasteiger partial charge on any atom is 0.407 e. The van der Waals surface area contributed by atoms with Crippen molar-refractivity contribution < 1.29 is 48.0 Å². The number of allylic oxidation sites excluding steroid dienone is 2. The molecule has 58 heavy (non-hydrogen) atoms. The maximum atomic E-state index is 12.9. The lowest BCUT2D eigenvalue weighted by molar-refractivity contribution is -0.145. The number of ether oxygens (including phenoxy) is 5. The van der Waals surface area contributed by atoms with Crippen LogP contribution in [0.5, 0.6) is 0 Å². The molecule has 0 radical (unpaired) electrons. The van der Waals surface area contributed by atoms with Crippen molar-refractivity contribution in [2.45, 2.75) is 114 Å². The van der Waals surface area contributed by atoms with Crippen molar-refractivity contribution in [1.82, 2.24) is 16.0 Å². The molecule has 2 aromatic rings. The van der Waals surface area contributed by atoms with Crippen LogP contribution in [-0.4, -0.2) is 104 Å². The highest BCUT2D eigenvalue weighted by Crippen LogP contribution is 2.45. The third-order valence-electron chi connectivity index (χ3n) is 11.4. The van der Waals surface area contributed by atoms with Gasteiger partial charge in [-0.2, -0.15) is 0 Å². The molecule has 1 aliphatic carbocycles. The van der Waals surface area contributed by atoms with Crippen molar-refractivity contribution in [2.75, 3.05) is 26.3 Å². The number of amides is 3. The summed E-state index contributed by atoms with van der Waals surface area (Å²) in [5, 5.41) is 19.7. The third-order valence-corrected chi connectivity index (χ3v) is 11.4. The third kappa shape index (κ3) is 11.0. The van der Waals surface area contributed by atoms with Gasteiger partial charge in [0.25, 0.3) is 0 Å². The topological polar surface area (TPSA) is 174 Å². The Labute approximate surface area is 340 Å². The Morgan fingerprint density at radius 2 is 1.64 bits per heavy atom. The highest BCUT2D eigenvalue weighted by Gasteiger charge is 2.58. The van der Waals surface area contributed by atoms with Crippen LogP contribution in [0.25, 0.3) is 11.1 Å². The Bertz CT molecular complexity index is 1840. The van der Waals surface area contributed by atoms with Gasteiger partial charge in [-0.1, -0.05) is 79.3 Å². The normalized spacial score (nSPS) is 28.4. The van der Waals surface area contributed by atoms with Crippen LogP contribution in [0.4, 0.5) is 4.79 Å². The molecule has 3 fully saturated rings. The van der Waals surface area contributed by atoms with E-state index in [2.05, 4.69) is 53.2 Å². The number of epoxide rings is 1. The molecule has 0 unspecified atom stereocenters. The molecule has 2 aromatic carbocycles. The van der Waals surface area contributed by atoms with E-state index in [1.54, 1.807) is 13.0 Å². The number of carbonyl (C=O) groups excluding carboxylic acids is 4. The summed E-state index contributed by atoms with van der Waals surface area (Å²) in [6, 6.07) is 16.2. The molecule has 6 rings (SSSR count). The molecule has 3 aliphatic heterocycles. The van der Waals surface area contributed by atoms with Crippen LogP contribution < -0.4 is 16.0 Å². The molecule has 0 saturated carbocycles. The minimum Gasteiger partial charge on any atom is -0.459 e. The molecule has 13 heteroatoms. The van der Waals surface area contributed by atoms with Crippen LogP contribution >= 0.6 is 0 Å². The zero-order valence-corrected chi connectivity index (χ0v) is 34.0. The maximum absolute atomic E-state index is 12.9. The molecule has 4 aliphatic rings. The summed E-state index contributed by atoms with van der Waals surface area (Å²) in [7, 11) is 0. The minimum absolute atomic E-state index is 0.0356. The number of aliphatic hydroxyl groups excluding tert-OH is 1. The van der Waals surface area contributed by atoms with Gasteiger partial charge in [-0.3, -0.25) is 14.4 Å². The molecule has 0 aromatic heterocycles. The number of fused-ring (bicyclic) bond motifs is 3. The molecule has 13 nitrogen and oxygen atoms in total.